The Kier molecular flexibility index (Phi) is 4.89. The highest BCUT2D eigenvalue weighted by molar-refractivity contribution is 5.46. The number of hydrogen-bond donors (Lipinski definition) is 2. The van der Waals surface area contributed by atoms with Crippen LogP contribution in [0.15, 0.2) is 0 Å². The van der Waals surface area contributed by atoms with Gasteiger partial charge >= 0.3 is 0 Å². The fourth-order valence-corrected chi connectivity index (χ4v) is 2.75. The molecule has 0 spiro atoms. The Hall–Kier alpha value is -0.990. The number of nitrogens with zero attached hydrogens (tertiary/aromatic N) is 1. The molecule has 0 amide bonds. The minimum absolute atomic E-state index is 1.07. The van der Waals surface area contributed by atoms with Crippen molar-refractivity contribution in [3.8, 4) is 0 Å². The minimum Gasteiger partial charge on any atom is -0.371 e. The van der Waals surface area contributed by atoms with Crippen LogP contribution in [-0.2, 0) is 12.8 Å². The Morgan fingerprint density at radius 2 is 1.47 bits per heavy atom. The first-order valence-corrected chi connectivity index (χ1v) is 7.15. The van der Waals surface area contributed by atoms with Gasteiger partial charge in [-0.25, -0.2) is 0 Å². The molecule has 0 radical (unpaired) electrons. The van der Waals surface area contributed by atoms with Crippen LogP contribution in [-0.4, -0.2) is 17.2 Å². The number of anilines is 1. The number of aromatic amines is 1. The Morgan fingerprint density at radius 3 is 2.12 bits per heavy atom. The number of aromatic nitrogens is 2. The van der Waals surface area contributed by atoms with Crippen molar-refractivity contribution < 1.29 is 0 Å². The van der Waals surface area contributed by atoms with Crippen LogP contribution in [0.25, 0.3) is 0 Å². The maximum Gasteiger partial charge on any atom is 0.151 e. The minimum atomic E-state index is 1.07. The van der Waals surface area contributed by atoms with Crippen LogP contribution < -0.4 is 5.32 Å². The first kappa shape index (κ1) is 12.5. The second-order valence-electron chi connectivity index (χ2n) is 5.11. The summed E-state index contributed by atoms with van der Waals surface area (Å²) in [6.07, 6.45) is 13.4. The molecule has 17 heavy (non-hydrogen) atoms. The number of rotatable bonds is 1. The molecule has 3 heteroatoms. The largest absolute Gasteiger partial charge is 0.371 e. The van der Waals surface area contributed by atoms with Gasteiger partial charge in [-0.1, -0.05) is 38.5 Å². The van der Waals surface area contributed by atoms with Gasteiger partial charge in [-0.15, -0.1) is 0 Å². The summed E-state index contributed by atoms with van der Waals surface area (Å²) < 4.78 is 0. The zero-order valence-electron chi connectivity index (χ0n) is 11.0. The highest BCUT2D eigenvalue weighted by atomic mass is 15.2. The predicted octanol–water partition coefficient (Wildman–Crippen LogP) is 3.67. The molecule has 1 aromatic heterocycles. The number of nitrogens with one attached hydrogen (secondary N) is 2. The van der Waals surface area contributed by atoms with Crippen molar-refractivity contribution in [2.75, 3.05) is 12.4 Å². The summed E-state index contributed by atoms with van der Waals surface area (Å²) in [7, 11) is 1.96. The third kappa shape index (κ3) is 3.48. The van der Waals surface area contributed by atoms with E-state index in [9.17, 15) is 0 Å². The van der Waals surface area contributed by atoms with Crippen LogP contribution in [0.1, 0.15) is 62.6 Å². The molecule has 0 saturated heterocycles. The van der Waals surface area contributed by atoms with Crippen LogP contribution in [0.5, 0.6) is 0 Å². The molecular weight excluding hydrogens is 210 g/mol. The molecule has 1 heterocycles. The fraction of sp³-hybridized carbons (Fsp3) is 0.786. The first-order valence-electron chi connectivity index (χ1n) is 7.15. The maximum absolute atomic E-state index is 4.37. The Morgan fingerprint density at radius 1 is 0.882 bits per heavy atom. The zero-order valence-corrected chi connectivity index (χ0v) is 11.0. The molecule has 2 N–H and O–H groups in total. The van der Waals surface area contributed by atoms with E-state index < -0.39 is 0 Å². The van der Waals surface area contributed by atoms with Gasteiger partial charge in [0, 0.05) is 18.3 Å². The lowest BCUT2D eigenvalue weighted by Gasteiger charge is -2.08. The normalized spacial score (nSPS) is 18.9. The average molecular weight is 235 g/mol. The first-order chi connectivity index (χ1) is 8.42. The van der Waals surface area contributed by atoms with Crippen molar-refractivity contribution in [2.24, 2.45) is 0 Å². The van der Waals surface area contributed by atoms with Gasteiger partial charge in [-0.2, -0.15) is 5.10 Å². The van der Waals surface area contributed by atoms with E-state index in [4.69, 9.17) is 0 Å². The van der Waals surface area contributed by atoms with Crippen molar-refractivity contribution in [1.82, 2.24) is 10.2 Å². The second-order valence-corrected chi connectivity index (χ2v) is 5.11. The van der Waals surface area contributed by atoms with Gasteiger partial charge in [-0.3, -0.25) is 5.10 Å². The molecule has 2 rings (SSSR count). The van der Waals surface area contributed by atoms with Crippen molar-refractivity contribution in [3.05, 3.63) is 11.3 Å². The van der Waals surface area contributed by atoms with Gasteiger partial charge in [-0.05, 0) is 25.7 Å². The van der Waals surface area contributed by atoms with Gasteiger partial charge in [0.1, 0.15) is 0 Å². The molecule has 0 atom stereocenters. The molecule has 0 aromatic carbocycles. The predicted molar refractivity (Wildman–Crippen MR) is 72.5 cm³/mol. The molecule has 0 bridgehead atoms. The zero-order chi connectivity index (χ0) is 11.9. The van der Waals surface area contributed by atoms with Crippen LogP contribution in [0.4, 0.5) is 5.82 Å². The van der Waals surface area contributed by atoms with Gasteiger partial charge in [0.25, 0.3) is 0 Å². The summed E-state index contributed by atoms with van der Waals surface area (Å²) >= 11 is 0. The lowest BCUT2D eigenvalue weighted by molar-refractivity contribution is 0.558. The Labute approximate surface area is 104 Å². The Balaban J connectivity index is 2.04. The molecular formula is C14H25N3. The fourth-order valence-electron chi connectivity index (χ4n) is 2.75. The summed E-state index contributed by atoms with van der Waals surface area (Å²) in [4.78, 5) is 0. The van der Waals surface area contributed by atoms with Crippen LogP contribution in [0.3, 0.4) is 0 Å². The molecule has 1 aliphatic rings. The van der Waals surface area contributed by atoms with E-state index >= 15 is 0 Å². The maximum atomic E-state index is 4.37. The van der Waals surface area contributed by atoms with E-state index in [0.717, 1.165) is 5.82 Å². The summed E-state index contributed by atoms with van der Waals surface area (Å²) in [5.74, 6) is 1.07. The van der Waals surface area contributed by atoms with Crippen LogP contribution in [0, 0.1) is 0 Å². The average Bonchev–Trinajstić information content (AvgIpc) is 2.71. The summed E-state index contributed by atoms with van der Waals surface area (Å²) in [5, 5.41) is 10.8. The standard InChI is InChI=1S/C14H25N3/c1-15-14-12-10-8-6-4-2-3-5-7-9-11-13(12)16-17-14/h2-11H2,1H3,(H2,15,16,17). The number of aryl methyl sites for hydroxylation is 1. The van der Waals surface area contributed by atoms with Gasteiger partial charge < -0.3 is 5.32 Å². The van der Waals surface area contributed by atoms with Gasteiger partial charge in [0.2, 0.25) is 0 Å². The molecule has 1 aromatic rings. The van der Waals surface area contributed by atoms with Gasteiger partial charge in [0.15, 0.2) is 5.82 Å². The molecule has 1 aliphatic carbocycles. The highest BCUT2D eigenvalue weighted by Gasteiger charge is 2.11. The topological polar surface area (TPSA) is 40.7 Å². The summed E-state index contributed by atoms with van der Waals surface area (Å²) in [6.45, 7) is 0. The number of H-pyrrole nitrogens is 1. The van der Waals surface area contributed by atoms with Crippen molar-refractivity contribution >= 4 is 5.82 Å². The monoisotopic (exact) mass is 235 g/mol. The molecule has 3 nitrogen and oxygen atoms in total. The smallest absolute Gasteiger partial charge is 0.151 e. The van der Waals surface area contributed by atoms with Gasteiger partial charge in [0.05, 0.1) is 0 Å². The van der Waals surface area contributed by atoms with Crippen LogP contribution in [0.2, 0.25) is 0 Å². The van der Waals surface area contributed by atoms with E-state index in [1.165, 1.54) is 75.5 Å². The molecule has 0 fully saturated rings. The summed E-state index contributed by atoms with van der Waals surface area (Å²) in [6, 6.07) is 0. The number of hydrogen-bond acceptors (Lipinski definition) is 2. The van der Waals surface area contributed by atoms with E-state index in [1.54, 1.807) is 0 Å². The van der Waals surface area contributed by atoms with Crippen molar-refractivity contribution in [2.45, 2.75) is 64.2 Å². The SMILES string of the molecule is CNc1n[nH]c2c1CCCCCCCCCC2. The second kappa shape index (κ2) is 6.67. The lowest BCUT2D eigenvalue weighted by Crippen LogP contribution is -1.98. The lowest BCUT2D eigenvalue weighted by atomic mass is 9.99. The highest BCUT2D eigenvalue weighted by Crippen LogP contribution is 2.22. The van der Waals surface area contributed by atoms with E-state index in [1.807, 2.05) is 7.05 Å². The van der Waals surface area contributed by atoms with Crippen molar-refractivity contribution in [3.63, 3.8) is 0 Å². The third-order valence-electron chi connectivity index (χ3n) is 3.79. The summed E-state index contributed by atoms with van der Waals surface area (Å²) in [5.41, 5.74) is 2.81. The number of fused-ring (bicyclic) bond motifs is 1. The van der Waals surface area contributed by atoms with E-state index in [0.29, 0.717) is 0 Å². The van der Waals surface area contributed by atoms with E-state index in [-0.39, 0.29) is 0 Å². The Bertz CT molecular complexity index is 330. The van der Waals surface area contributed by atoms with Crippen molar-refractivity contribution in [1.29, 1.82) is 0 Å². The van der Waals surface area contributed by atoms with Crippen LogP contribution >= 0.6 is 0 Å². The molecule has 0 unspecified atom stereocenters. The molecule has 96 valence electrons. The quantitative estimate of drug-likeness (QED) is 0.779. The third-order valence-corrected chi connectivity index (χ3v) is 3.79. The molecule has 0 saturated carbocycles. The molecule has 0 aliphatic heterocycles. The van der Waals surface area contributed by atoms with E-state index in [2.05, 4.69) is 15.5 Å².